The van der Waals surface area contributed by atoms with E-state index >= 15 is 0 Å². The lowest BCUT2D eigenvalue weighted by Gasteiger charge is -2.48. The summed E-state index contributed by atoms with van der Waals surface area (Å²) in [6.45, 7) is 2.60. The van der Waals surface area contributed by atoms with Gasteiger partial charge in [0.2, 0.25) is 0 Å². The maximum Gasteiger partial charge on any atom is 0.250 e. The SMILES string of the molecule is CC1=CC2=C(CC1)N1c3ccccc3C3C=CC4=C(B2C2=C(CCC(c5ccccc5)=C2)O4)C31. The van der Waals surface area contributed by atoms with E-state index in [-0.39, 0.29) is 0 Å². The van der Waals surface area contributed by atoms with Crippen molar-refractivity contribution in [1.82, 2.24) is 0 Å². The normalized spacial score (nSPS) is 25.9. The second-order valence-electron chi connectivity index (χ2n) is 10.4. The van der Waals surface area contributed by atoms with Gasteiger partial charge in [-0.2, -0.15) is 0 Å². The van der Waals surface area contributed by atoms with Crippen molar-refractivity contribution in [3.8, 4) is 0 Å². The van der Waals surface area contributed by atoms with Gasteiger partial charge in [-0.15, -0.1) is 0 Å². The second kappa shape index (κ2) is 6.79. The standard InChI is InChI=1S/C31H26BNO/c1-19-11-14-27-24(17-19)32-25-18-21(20-7-3-2-4-8-20)12-15-28(25)34-29-16-13-23-22-9-5-6-10-26(22)33(27)31(23)30(29)32/h2-10,13,16-18,23,31H,11-12,14-15H2,1H3. The molecule has 0 fully saturated rings. The third-order valence-electron chi connectivity index (χ3n) is 8.60. The monoisotopic (exact) mass is 439 g/mol. The van der Waals surface area contributed by atoms with Crippen molar-refractivity contribution in [3.63, 3.8) is 0 Å². The summed E-state index contributed by atoms with van der Waals surface area (Å²) in [6, 6.07) is 20.3. The predicted octanol–water partition coefficient (Wildman–Crippen LogP) is 7.06. The predicted molar refractivity (Wildman–Crippen MR) is 139 cm³/mol. The molecule has 0 spiro atoms. The molecular formula is C31H26BNO. The van der Waals surface area contributed by atoms with Crippen molar-refractivity contribution >= 4 is 18.0 Å². The van der Waals surface area contributed by atoms with E-state index in [4.69, 9.17) is 4.74 Å². The summed E-state index contributed by atoms with van der Waals surface area (Å²) in [5, 5.41) is 0. The molecule has 8 rings (SSSR count). The Morgan fingerprint density at radius 1 is 0.882 bits per heavy atom. The van der Waals surface area contributed by atoms with Crippen molar-refractivity contribution in [2.45, 2.75) is 44.6 Å². The van der Waals surface area contributed by atoms with Crippen molar-refractivity contribution in [1.29, 1.82) is 0 Å². The molecule has 0 aromatic heterocycles. The van der Waals surface area contributed by atoms with Crippen molar-refractivity contribution in [2.24, 2.45) is 0 Å². The number of hydrogen-bond donors (Lipinski definition) is 0. The minimum atomic E-state index is 0.297. The first-order valence-corrected chi connectivity index (χ1v) is 12.7. The highest BCUT2D eigenvalue weighted by molar-refractivity contribution is 6.83. The Morgan fingerprint density at radius 2 is 1.74 bits per heavy atom. The number of fused-ring (bicyclic) bond motifs is 6. The molecule has 2 aromatic rings. The van der Waals surface area contributed by atoms with Crippen LogP contribution in [-0.4, -0.2) is 12.8 Å². The van der Waals surface area contributed by atoms with Crippen LogP contribution in [0.2, 0.25) is 0 Å². The largest absolute Gasteiger partial charge is 0.463 e. The fourth-order valence-electron chi connectivity index (χ4n) is 7.16. The van der Waals surface area contributed by atoms with Gasteiger partial charge in [-0.05, 0) is 71.4 Å². The summed E-state index contributed by atoms with van der Waals surface area (Å²) >= 11 is 0. The Morgan fingerprint density at radius 3 is 2.65 bits per heavy atom. The maximum absolute atomic E-state index is 6.70. The molecule has 6 aliphatic rings. The zero-order valence-corrected chi connectivity index (χ0v) is 19.4. The molecule has 0 saturated heterocycles. The Balaban J connectivity index is 1.37. The van der Waals surface area contributed by atoms with Gasteiger partial charge in [0.05, 0.1) is 11.8 Å². The average Bonchev–Trinajstić information content (AvgIpc) is 3.23. The zero-order valence-electron chi connectivity index (χ0n) is 19.4. The number of hydrogen-bond acceptors (Lipinski definition) is 2. The lowest BCUT2D eigenvalue weighted by atomic mass is 9.30. The van der Waals surface area contributed by atoms with Crippen LogP contribution in [-0.2, 0) is 4.74 Å². The summed E-state index contributed by atoms with van der Waals surface area (Å²) in [4.78, 5) is 2.67. The number of nitrogens with zero attached hydrogens (tertiary/aromatic N) is 1. The Kier molecular flexibility index (Phi) is 3.78. The van der Waals surface area contributed by atoms with Gasteiger partial charge in [-0.3, -0.25) is 0 Å². The van der Waals surface area contributed by atoms with Crippen LogP contribution in [0, 0.1) is 0 Å². The summed E-state index contributed by atoms with van der Waals surface area (Å²) in [6.07, 6.45) is 13.9. The number of rotatable bonds is 1. The number of para-hydroxylation sites is 1. The van der Waals surface area contributed by atoms with E-state index in [0.29, 0.717) is 18.7 Å². The van der Waals surface area contributed by atoms with E-state index in [1.165, 1.54) is 55.8 Å². The summed E-state index contributed by atoms with van der Waals surface area (Å²) in [5.41, 5.74) is 13.0. The molecule has 34 heavy (non-hydrogen) atoms. The minimum Gasteiger partial charge on any atom is -0.463 e. The lowest BCUT2D eigenvalue weighted by molar-refractivity contribution is 0.292. The van der Waals surface area contributed by atoms with E-state index in [1.54, 1.807) is 0 Å². The first-order chi connectivity index (χ1) is 16.8. The molecule has 3 aliphatic carbocycles. The highest BCUT2D eigenvalue weighted by atomic mass is 16.5. The van der Waals surface area contributed by atoms with Crippen LogP contribution in [0.4, 0.5) is 5.69 Å². The molecule has 0 bridgehead atoms. The van der Waals surface area contributed by atoms with Crippen molar-refractivity contribution in [2.75, 3.05) is 4.90 Å². The number of anilines is 1. The molecular weight excluding hydrogens is 413 g/mol. The third kappa shape index (κ3) is 2.42. The van der Waals surface area contributed by atoms with Gasteiger partial charge in [-0.25, -0.2) is 0 Å². The molecule has 3 aliphatic heterocycles. The van der Waals surface area contributed by atoms with E-state index in [2.05, 4.69) is 90.7 Å². The molecule has 2 nitrogen and oxygen atoms in total. The van der Waals surface area contributed by atoms with Crippen molar-refractivity contribution in [3.05, 3.63) is 129 Å². The molecule has 0 N–H and O–H groups in total. The molecule has 3 heteroatoms. The highest BCUT2D eigenvalue weighted by Crippen LogP contribution is 2.57. The number of benzene rings is 2. The first kappa shape index (κ1) is 18.9. The minimum absolute atomic E-state index is 0.297. The van der Waals surface area contributed by atoms with Crippen LogP contribution in [0.3, 0.4) is 0 Å². The van der Waals surface area contributed by atoms with Crippen LogP contribution in [0.1, 0.15) is 49.7 Å². The molecule has 2 unspecified atom stereocenters. The van der Waals surface area contributed by atoms with Crippen LogP contribution < -0.4 is 4.90 Å². The van der Waals surface area contributed by atoms with Gasteiger partial charge in [0.1, 0.15) is 5.76 Å². The Labute approximate surface area is 201 Å². The van der Waals surface area contributed by atoms with E-state index in [9.17, 15) is 0 Å². The average molecular weight is 439 g/mol. The lowest BCUT2D eigenvalue weighted by Crippen LogP contribution is -2.51. The number of ether oxygens (including phenoxy) is 1. The van der Waals surface area contributed by atoms with Crippen LogP contribution in [0.5, 0.6) is 0 Å². The van der Waals surface area contributed by atoms with Crippen LogP contribution in [0.15, 0.2) is 118 Å². The molecule has 164 valence electrons. The quantitative estimate of drug-likeness (QED) is 0.441. The summed E-state index contributed by atoms with van der Waals surface area (Å²) < 4.78 is 6.70. The van der Waals surface area contributed by atoms with Gasteiger partial charge >= 0.3 is 0 Å². The molecule has 2 atom stereocenters. The Bertz CT molecular complexity index is 1450. The molecule has 3 heterocycles. The highest BCUT2D eigenvalue weighted by Gasteiger charge is 2.54. The molecule has 0 radical (unpaired) electrons. The van der Waals surface area contributed by atoms with Crippen LogP contribution >= 0.6 is 0 Å². The van der Waals surface area contributed by atoms with E-state index in [0.717, 1.165) is 31.4 Å². The third-order valence-corrected chi connectivity index (χ3v) is 8.60. The maximum atomic E-state index is 6.70. The van der Waals surface area contributed by atoms with Gasteiger partial charge in [-0.1, -0.05) is 72.3 Å². The van der Waals surface area contributed by atoms with Gasteiger partial charge in [0, 0.05) is 23.7 Å². The van der Waals surface area contributed by atoms with E-state index < -0.39 is 0 Å². The number of allylic oxidation sites excluding steroid dienone is 9. The van der Waals surface area contributed by atoms with E-state index in [1.807, 2.05) is 0 Å². The zero-order chi connectivity index (χ0) is 22.4. The molecule has 0 saturated carbocycles. The van der Waals surface area contributed by atoms with Crippen LogP contribution in [0.25, 0.3) is 5.57 Å². The van der Waals surface area contributed by atoms with Gasteiger partial charge in [0.25, 0.3) is 6.71 Å². The Hall–Kier alpha value is -3.46. The van der Waals surface area contributed by atoms with Gasteiger partial charge in [0.15, 0.2) is 0 Å². The molecule has 2 aromatic carbocycles. The smallest absolute Gasteiger partial charge is 0.250 e. The first-order valence-electron chi connectivity index (χ1n) is 12.7. The van der Waals surface area contributed by atoms with Gasteiger partial charge < -0.3 is 9.64 Å². The fraction of sp³-hybridized carbons (Fsp3) is 0.226. The fourth-order valence-corrected chi connectivity index (χ4v) is 7.16. The van der Waals surface area contributed by atoms with Crippen molar-refractivity contribution < 1.29 is 4.74 Å². The molecule has 0 amide bonds. The topological polar surface area (TPSA) is 12.5 Å². The summed E-state index contributed by atoms with van der Waals surface area (Å²) in [7, 11) is 0. The second-order valence-corrected chi connectivity index (χ2v) is 10.4. The summed E-state index contributed by atoms with van der Waals surface area (Å²) in [5.74, 6) is 2.67.